The third-order valence-corrected chi connectivity index (χ3v) is 3.65. The third-order valence-electron chi connectivity index (χ3n) is 2.60. The third kappa shape index (κ3) is 5.16. The Morgan fingerprint density at radius 1 is 1.42 bits per heavy atom. The molecule has 0 spiro atoms. The summed E-state index contributed by atoms with van der Waals surface area (Å²) in [5.41, 5.74) is 0. The number of amides is 1. The van der Waals surface area contributed by atoms with Crippen molar-refractivity contribution in [3.63, 3.8) is 0 Å². The lowest BCUT2D eigenvalue weighted by Gasteiger charge is -2.19. The van der Waals surface area contributed by atoms with Gasteiger partial charge >= 0.3 is 0 Å². The first-order valence-corrected chi connectivity index (χ1v) is 6.90. The molecule has 0 fully saturated rings. The van der Waals surface area contributed by atoms with Gasteiger partial charge in [0.2, 0.25) is 5.91 Å². The van der Waals surface area contributed by atoms with E-state index in [2.05, 4.69) is 5.32 Å². The second kappa shape index (κ2) is 7.45. The zero-order valence-corrected chi connectivity index (χ0v) is 11.6. The number of nitrogens with one attached hydrogen (secondary N) is 1. The summed E-state index contributed by atoms with van der Waals surface area (Å²) in [5.74, 6) is -1.49. The zero-order chi connectivity index (χ0) is 14.4. The lowest BCUT2D eigenvalue weighted by Crippen LogP contribution is -2.41. The van der Waals surface area contributed by atoms with Crippen LogP contribution in [-0.4, -0.2) is 29.4 Å². The Bertz CT molecular complexity index is 441. The molecular weight excluding hydrogens is 272 g/mol. The van der Waals surface area contributed by atoms with Gasteiger partial charge in [0.15, 0.2) is 0 Å². The van der Waals surface area contributed by atoms with Gasteiger partial charge in [-0.05, 0) is 18.1 Å². The van der Waals surface area contributed by atoms with Gasteiger partial charge in [0.1, 0.15) is 11.6 Å². The van der Waals surface area contributed by atoms with Crippen LogP contribution in [0.25, 0.3) is 0 Å². The van der Waals surface area contributed by atoms with Crippen LogP contribution in [0, 0.1) is 17.6 Å². The van der Waals surface area contributed by atoms with Crippen molar-refractivity contribution in [1.82, 2.24) is 5.32 Å². The zero-order valence-electron chi connectivity index (χ0n) is 10.8. The molecule has 6 heteroatoms. The fourth-order valence-electron chi connectivity index (χ4n) is 1.41. The van der Waals surface area contributed by atoms with Crippen LogP contribution in [0.3, 0.4) is 0 Å². The summed E-state index contributed by atoms with van der Waals surface area (Å²) in [6.45, 7) is 3.63. The van der Waals surface area contributed by atoms with Gasteiger partial charge < -0.3 is 10.4 Å². The first-order chi connectivity index (χ1) is 8.93. The number of halogens is 2. The molecule has 1 rings (SSSR count). The molecule has 0 aliphatic carbocycles. The van der Waals surface area contributed by atoms with Crippen LogP contribution in [0.2, 0.25) is 0 Å². The largest absolute Gasteiger partial charge is 0.394 e. The molecular formula is C13H17F2NO2S. The maximum atomic E-state index is 13.3. The summed E-state index contributed by atoms with van der Waals surface area (Å²) >= 11 is 0.993. The minimum atomic E-state index is -0.680. The molecule has 2 N–H and O–H groups in total. The Labute approximate surface area is 115 Å². The first kappa shape index (κ1) is 15.9. The molecule has 0 aliphatic rings. The molecule has 0 saturated carbocycles. The van der Waals surface area contributed by atoms with Crippen LogP contribution in [0.5, 0.6) is 0 Å². The highest BCUT2D eigenvalue weighted by Gasteiger charge is 2.15. The number of aliphatic hydroxyl groups is 1. The molecule has 0 unspecified atom stereocenters. The second-order valence-corrected chi connectivity index (χ2v) is 5.48. The lowest BCUT2D eigenvalue weighted by atomic mass is 10.1. The van der Waals surface area contributed by atoms with E-state index in [1.807, 2.05) is 13.8 Å². The van der Waals surface area contributed by atoms with Crippen molar-refractivity contribution < 1.29 is 18.7 Å². The number of benzene rings is 1. The van der Waals surface area contributed by atoms with Gasteiger partial charge in [0, 0.05) is 11.0 Å². The predicted octanol–water partition coefficient (Wildman–Crippen LogP) is 2.19. The average Bonchev–Trinajstić information content (AvgIpc) is 2.34. The van der Waals surface area contributed by atoms with Gasteiger partial charge in [0.05, 0.1) is 18.4 Å². The maximum absolute atomic E-state index is 13.3. The number of carbonyl (C=O) groups is 1. The Hall–Kier alpha value is -1.14. The molecule has 1 amide bonds. The number of hydrogen-bond acceptors (Lipinski definition) is 3. The smallest absolute Gasteiger partial charge is 0.230 e. The summed E-state index contributed by atoms with van der Waals surface area (Å²) < 4.78 is 26.0. The Kier molecular flexibility index (Phi) is 6.24. The molecule has 0 aromatic heterocycles. The number of aliphatic hydroxyl groups excluding tert-OH is 1. The van der Waals surface area contributed by atoms with Gasteiger partial charge in [-0.3, -0.25) is 4.79 Å². The lowest BCUT2D eigenvalue weighted by molar-refractivity contribution is -0.119. The van der Waals surface area contributed by atoms with Gasteiger partial charge in [0.25, 0.3) is 0 Å². The van der Waals surface area contributed by atoms with E-state index in [4.69, 9.17) is 5.11 Å². The summed E-state index contributed by atoms with van der Waals surface area (Å²) in [4.78, 5) is 11.9. The molecule has 0 saturated heterocycles. The predicted molar refractivity (Wildman–Crippen MR) is 70.9 cm³/mol. The van der Waals surface area contributed by atoms with Crippen LogP contribution in [0.1, 0.15) is 13.8 Å². The van der Waals surface area contributed by atoms with E-state index in [0.717, 1.165) is 23.9 Å². The standard InChI is InChI=1S/C13H17F2NO2S/c1-8(2)11(6-17)16-13(18)7-19-12-4-3-9(14)5-10(12)15/h3-5,8,11,17H,6-7H2,1-2H3,(H,16,18)/t11-/m1/s1. The minimum absolute atomic E-state index is 0.0196. The fraction of sp³-hybridized carbons (Fsp3) is 0.462. The van der Waals surface area contributed by atoms with Gasteiger partial charge in [-0.1, -0.05) is 13.8 Å². The number of rotatable bonds is 6. The maximum Gasteiger partial charge on any atom is 0.230 e. The Morgan fingerprint density at radius 2 is 2.11 bits per heavy atom. The van der Waals surface area contributed by atoms with Crippen molar-refractivity contribution in [3.8, 4) is 0 Å². The summed E-state index contributed by atoms with van der Waals surface area (Å²) in [7, 11) is 0. The van der Waals surface area contributed by atoms with Crippen molar-refractivity contribution in [1.29, 1.82) is 0 Å². The van der Waals surface area contributed by atoms with E-state index in [1.165, 1.54) is 6.07 Å². The number of hydrogen-bond donors (Lipinski definition) is 2. The van der Waals surface area contributed by atoms with Crippen molar-refractivity contribution in [3.05, 3.63) is 29.8 Å². The van der Waals surface area contributed by atoms with E-state index in [-0.39, 0.29) is 35.1 Å². The molecule has 0 radical (unpaired) electrons. The molecule has 0 heterocycles. The Balaban J connectivity index is 2.50. The SMILES string of the molecule is CC(C)[C@@H](CO)NC(=O)CSc1ccc(F)cc1F. The summed E-state index contributed by atoms with van der Waals surface area (Å²) in [6, 6.07) is 2.92. The highest BCUT2D eigenvalue weighted by molar-refractivity contribution is 8.00. The quantitative estimate of drug-likeness (QED) is 0.789. The van der Waals surface area contributed by atoms with Crippen molar-refractivity contribution in [2.24, 2.45) is 5.92 Å². The van der Waals surface area contributed by atoms with E-state index in [1.54, 1.807) is 0 Å². The number of thioether (sulfide) groups is 1. The van der Waals surface area contributed by atoms with Gasteiger partial charge in [-0.25, -0.2) is 8.78 Å². The molecule has 0 aliphatic heterocycles. The molecule has 1 aromatic carbocycles. The number of carbonyl (C=O) groups excluding carboxylic acids is 1. The topological polar surface area (TPSA) is 49.3 Å². The summed E-state index contributed by atoms with van der Waals surface area (Å²) in [5, 5.41) is 11.7. The van der Waals surface area contributed by atoms with Crippen molar-refractivity contribution >= 4 is 17.7 Å². The van der Waals surface area contributed by atoms with Crippen LogP contribution in [-0.2, 0) is 4.79 Å². The van der Waals surface area contributed by atoms with Crippen LogP contribution < -0.4 is 5.32 Å². The normalized spacial score (nSPS) is 12.5. The average molecular weight is 289 g/mol. The molecule has 1 atom stereocenters. The van der Waals surface area contributed by atoms with Crippen molar-refractivity contribution in [2.75, 3.05) is 12.4 Å². The van der Waals surface area contributed by atoms with Gasteiger partial charge in [-0.2, -0.15) is 0 Å². The Morgan fingerprint density at radius 3 is 2.63 bits per heavy atom. The van der Waals surface area contributed by atoms with Gasteiger partial charge in [-0.15, -0.1) is 11.8 Å². The van der Waals surface area contributed by atoms with E-state index >= 15 is 0 Å². The molecule has 3 nitrogen and oxygen atoms in total. The van der Waals surface area contributed by atoms with Crippen molar-refractivity contribution in [2.45, 2.75) is 24.8 Å². The van der Waals surface area contributed by atoms with Crippen LogP contribution in [0.15, 0.2) is 23.1 Å². The van der Waals surface area contributed by atoms with E-state index in [9.17, 15) is 13.6 Å². The van der Waals surface area contributed by atoms with E-state index < -0.39 is 11.6 Å². The highest BCUT2D eigenvalue weighted by atomic mass is 32.2. The van der Waals surface area contributed by atoms with Crippen LogP contribution >= 0.6 is 11.8 Å². The molecule has 106 valence electrons. The van der Waals surface area contributed by atoms with E-state index in [0.29, 0.717) is 0 Å². The molecule has 19 heavy (non-hydrogen) atoms. The fourth-order valence-corrected chi connectivity index (χ4v) is 2.14. The second-order valence-electron chi connectivity index (χ2n) is 4.46. The molecule has 1 aromatic rings. The monoisotopic (exact) mass is 289 g/mol. The van der Waals surface area contributed by atoms with Crippen LogP contribution in [0.4, 0.5) is 8.78 Å². The summed E-state index contributed by atoms with van der Waals surface area (Å²) in [6.07, 6.45) is 0. The first-order valence-electron chi connectivity index (χ1n) is 5.92. The minimum Gasteiger partial charge on any atom is -0.394 e. The highest BCUT2D eigenvalue weighted by Crippen LogP contribution is 2.22. The molecule has 0 bridgehead atoms.